The smallest absolute Gasteiger partial charge is 0.330 e. The van der Waals surface area contributed by atoms with Crippen molar-refractivity contribution in [3.05, 3.63) is 42.0 Å². The molecule has 1 aromatic carbocycles. The lowest BCUT2D eigenvalue weighted by Gasteiger charge is -2.39. The van der Waals surface area contributed by atoms with E-state index in [1.165, 1.54) is 6.08 Å². The van der Waals surface area contributed by atoms with Gasteiger partial charge in [0.05, 0.1) is 25.9 Å². The first kappa shape index (κ1) is 26.4. The van der Waals surface area contributed by atoms with Crippen LogP contribution in [0.1, 0.15) is 53.0 Å². The highest BCUT2D eigenvalue weighted by Crippen LogP contribution is 2.31. The molecule has 0 fully saturated rings. The third kappa shape index (κ3) is 9.02. The number of rotatable bonds is 15. The summed E-state index contributed by atoms with van der Waals surface area (Å²) in [6.07, 6.45) is 5.04. The molecule has 0 heterocycles. The van der Waals surface area contributed by atoms with Gasteiger partial charge in [0.25, 0.3) is 0 Å². The van der Waals surface area contributed by atoms with E-state index < -0.39 is 13.9 Å². The molecule has 0 aliphatic rings. The molecule has 0 spiro atoms. The molecule has 1 unspecified atom stereocenters. The molecule has 1 rings (SSSR count). The molecular weight excluding hydrogens is 396 g/mol. The molecule has 0 aromatic heterocycles. The van der Waals surface area contributed by atoms with Gasteiger partial charge in [-0.05, 0) is 68.6 Å². The summed E-state index contributed by atoms with van der Waals surface area (Å²) >= 11 is 0. The van der Waals surface area contributed by atoms with Gasteiger partial charge in [-0.1, -0.05) is 32.9 Å². The van der Waals surface area contributed by atoms with Gasteiger partial charge in [-0.15, -0.1) is 0 Å². The minimum atomic E-state index is -1.83. The third-order valence-electron chi connectivity index (χ3n) is 5.63. The molecule has 0 saturated carbocycles. The van der Waals surface area contributed by atoms with Gasteiger partial charge in [-0.3, -0.25) is 0 Å². The summed E-state index contributed by atoms with van der Waals surface area (Å²) in [4.78, 5) is 11.9. The zero-order chi connectivity index (χ0) is 22.5. The Balaban J connectivity index is 2.68. The first-order chi connectivity index (χ1) is 14.4. The van der Waals surface area contributed by atoms with Gasteiger partial charge in [-0.25, -0.2) is 4.79 Å². The molecule has 0 aliphatic heterocycles. The van der Waals surface area contributed by atoms with E-state index in [0.717, 1.165) is 42.3 Å². The fraction of sp³-hybridized carbons (Fsp3) is 0.625. The summed E-state index contributed by atoms with van der Waals surface area (Å²) < 4.78 is 22.9. The molecule has 0 bridgehead atoms. The fourth-order valence-electron chi connectivity index (χ4n) is 3.50. The summed E-state index contributed by atoms with van der Waals surface area (Å²) in [5.41, 5.74) is 0.621. The van der Waals surface area contributed by atoms with E-state index in [2.05, 4.69) is 27.7 Å². The Kier molecular flexibility index (Phi) is 12.0. The predicted molar refractivity (Wildman–Crippen MR) is 124 cm³/mol. The minimum Gasteiger partial charge on any atom is -0.497 e. The maximum absolute atomic E-state index is 11.9. The molecule has 5 nitrogen and oxygen atoms in total. The zero-order valence-electron chi connectivity index (χ0n) is 19.7. The number of hydrogen-bond donors (Lipinski definition) is 0. The van der Waals surface area contributed by atoms with Crippen LogP contribution in [0.25, 0.3) is 0 Å². The summed E-state index contributed by atoms with van der Waals surface area (Å²) in [5.74, 6) is 0.523. The molecule has 6 heteroatoms. The van der Waals surface area contributed by atoms with Crippen molar-refractivity contribution < 1.29 is 23.4 Å². The molecule has 1 aromatic rings. The first-order valence-corrected chi connectivity index (χ1v) is 13.7. The zero-order valence-corrected chi connectivity index (χ0v) is 20.7. The molecule has 0 amide bonds. The van der Waals surface area contributed by atoms with Crippen molar-refractivity contribution in [3.63, 3.8) is 0 Å². The Bertz CT molecular complexity index is 631. The van der Waals surface area contributed by atoms with Gasteiger partial charge in [0, 0.05) is 12.7 Å². The molecule has 0 saturated heterocycles. The number of hydrogen-bond acceptors (Lipinski definition) is 5. The van der Waals surface area contributed by atoms with Crippen LogP contribution in [-0.2, 0) is 25.3 Å². The monoisotopic (exact) mass is 436 g/mol. The normalized spacial score (nSPS) is 13.9. The van der Waals surface area contributed by atoms with E-state index in [9.17, 15) is 4.79 Å². The van der Waals surface area contributed by atoms with Crippen molar-refractivity contribution in [3.8, 4) is 5.75 Å². The number of benzene rings is 1. The lowest BCUT2D eigenvalue weighted by atomic mass is 10.00. The number of ether oxygens (including phenoxy) is 3. The second-order valence-electron chi connectivity index (χ2n) is 7.75. The van der Waals surface area contributed by atoms with E-state index in [0.29, 0.717) is 19.8 Å². The quantitative estimate of drug-likeness (QED) is 0.148. The number of carbonyl (C=O) groups excluding carboxylic acids is 1. The van der Waals surface area contributed by atoms with Crippen LogP contribution >= 0.6 is 0 Å². The molecule has 0 aliphatic carbocycles. The molecule has 30 heavy (non-hydrogen) atoms. The highest BCUT2D eigenvalue weighted by molar-refractivity contribution is 6.73. The van der Waals surface area contributed by atoms with Crippen LogP contribution in [0.3, 0.4) is 0 Å². The van der Waals surface area contributed by atoms with Gasteiger partial charge < -0.3 is 18.6 Å². The number of methoxy groups -OCH3 is 1. The van der Waals surface area contributed by atoms with Gasteiger partial charge in [0.2, 0.25) is 0 Å². The third-order valence-corrected chi connectivity index (χ3v) is 10.4. The Morgan fingerprint density at radius 3 is 2.23 bits per heavy atom. The maximum atomic E-state index is 11.9. The Morgan fingerprint density at radius 1 is 1.07 bits per heavy atom. The summed E-state index contributed by atoms with van der Waals surface area (Å²) in [6.45, 7) is 12.1. The van der Waals surface area contributed by atoms with Crippen molar-refractivity contribution in [2.45, 2.75) is 77.8 Å². The topological polar surface area (TPSA) is 54.0 Å². The van der Waals surface area contributed by atoms with Crippen LogP contribution in [0, 0.1) is 0 Å². The SMILES string of the molecule is CCOC(=O)/C=C/C(C)(CCCOCc1ccc(OC)cc1)O[Si](CC)(CC)CC. The van der Waals surface area contributed by atoms with E-state index in [4.69, 9.17) is 18.6 Å². The molecule has 1 atom stereocenters. The van der Waals surface area contributed by atoms with E-state index in [1.54, 1.807) is 7.11 Å². The van der Waals surface area contributed by atoms with Gasteiger partial charge >= 0.3 is 5.97 Å². The molecule has 0 N–H and O–H groups in total. The fourth-order valence-corrected chi connectivity index (χ4v) is 6.59. The van der Waals surface area contributed by atoms with Crippen LogP contribution in [0.4, 0.5) is 0 Å². The summed E-state index contributed by atoms with van der Waals surface area (Å²) in [5, 5.41) is 0. The molecular formula is C24H40O5Si. The maximum Gasteiger partial charge on any atom is 0.330 e. The van der Waals surface area contributed by atoms with Gasteiger partial charge in [0.1, 0.15) is 5.75 Å². The van der Waals surface area contributed by atoms with Crippen molar-refractivity contribution in [2.24, 2.45) is 0 Å². The van der Waals surface area contributed by atoms with Crippen LogP contribution in [0.5, 0.6) is 5.75 Å². The highest BCUT2D eigenvalue weighted by Gasteiger charge is 2.36. The van der Waals surface area contributed by atoms with Crippen molar-refractivity contribution in [1.82, 2.24) is 0 Å². The van der Waals surface area contributed by atoms with E-state index in [-0.39, 0.29) is 5.97 Å². The van der Waals surface area contributed by atoms with Crippen LogP contribution in [-0.4, -0.2) is 40.2 Å². The summed E-state index contributed by atoms with van der Waals surface area (Å²) in [7, 11) is -0.169. The lowest BCUT2D eigenvalue weighted by molar-refractivity contribution is -0.137. The summed E-state index contributed by atoms with van der Waals surface area (Å²) in [6, 6.07) is 11.1. The molecule has 0 radical (unpaired) electrons. The number of carbonyl (C=O) groups is 1. The van der Waals surface area contributed by atoms with E-state index in [1.807, 2.05) is 37.3 Å². The standard InChI is InChI=1S/C24H40O5Si/c1-7-28-23(25)16-18-24(5,29-30(8-2,9-3)10-4)17-11-19-27-20-21-12-14-22(26-6)15-13-21/h12-16,18H,7-11,17,19-20H2,1-6H3/b18-16+. The van der Waals surface area contributed by atoms with Crippen molar-refractivity contribution in [1.29, 1.82) is 0 Å². The van der Waals surface area contributed by atoms with Crippen LogP contribution in [0.2, 0.25) is 18.1 Å². The van der Waals surface area contributed by atoms with E-state index >= 15 is 0 Å². The van der Waals surface area contributed by atoms with Gasteiger partial charge in [0.15, 0.2) is 8.32 Å². The Labute approximate surface area is 183 Å². The second-order valence-corrected chi connectivity index (χ2v) is 12.4. The highest BCUT2D eigenvalue weighted by atomic mass is 28.4. The average molecular weight is 437 g/mol. The predicted octanol–water partition coefficient (Wildman–Crippen LogP) is 5.89. The molecule has 170 valence electrons. The first-order valence-electron chi connectivity index (χ1n) is 11.1. The largest absolute Gasteiger partial charge is 0.497 e. The number of esters is 1. The Hall–Kier alpha value is -1.63. The second kappa shape index (κ2) is 13.6. The van der Waals surface area contributed by atoms with Crippen LogP contribution in [0.15, 0.2) is 36.4 Å². The van der Waals surface area contributed by atoms with Crippen LogP contribution < -0.4 is 4.74 Å². The lowest BCUT2D eigenvalue weighted by Crippen LogP contribution is -2.45. The van der Waals surface area contributed by atoms with Crippen molar-refractivity contribution >= 4 is 14.3 Å². The van der Waals surface area contributed by atoms with Crippen molar-refractivity contribution in [2.75, 3.05) is 20.3 Å². The minimum absolute atomic E-state index is 0.320. The van der Waals surface area contributed by atoms with Gasteiger partial charge in [-0.2, -0.15) is 0 Å². The average Bonchev–Trinajstić information content (AvgIpc) is 2.77. The Morgan fingerprint density at radius 2 is 1.70 bits per heavy atom.